The van der Waals surface area contributed by atoms with Crippen LogP contribution in [0.1, 0.15) is 19.0 Å². The highest BCUT2D eigenvalue weighted by molar-refractivity contribution is 7.20. The molecule has 0 amide bonds. The zero-order valence-electron chi connectivity index (χ0n) is 11.5. The number of nitrogens with zero attached hydrogens (tertiary/aromatic N) is 2. The third-order valence-corrected chi connectivity index (χ3v) is 5.73. The van der Waals surface area contributed by atoms with Crippen molar-refractivity contribution in [3.05, 3.63) is 28.6 Å². The number of thiophene rings is 1. The number of hydrogen-bond donors (Lipinski definition) is 1. The Kier molecular flexibility index (Phi) is 5.20. The molecule has 0 aliphatic carbocycles. The lowest BCUT2D eigenvalue weighted by Gasteiger charge is -2.22. The zero-order valence-corrected chi connectivity index (χ0v) is 14.0. The Labute approximate surface area is 134 Å². The van der Waals surface area contributed by atoms with E-state index in [9.17, 15) is 0 Å². The van der Waals surface area contributed by atoms with Crippen LogP contribution < -0.4 is 5.73 Å². The van der Waals surface area contributed by atoms with E-state index in [2.05, 4.69) is 34.7 Å². The maximum absolute atomic E-state index is 5.85. The number of aromatic nitrogens is 1. The Morgan fingerprint density at radius 3 is 2.95 bits per heavy atom. The van der Waals surface area contributed by atoms with Crippen LogP contribution in [0.25, 0.3) is 9.88 Å². The maximum atomic E-state index is 5.85. The third-order valence-electron chi connectivity index (χ3n) is 3.80. The average Bonchev–Trinajstić information content (AvgIpc) is 3.11. The van der Waals surface area contributed by atoms with E-state index in [4.69, 9.17) is 10.7 Å². The quantitative estimate of drug-likeness (QED) is 0.934. The topological polar surface area (TPSA) is 42.1 Å². The van der Waals surface area contributed by atoms with E-state index in [1.165, 1.54) is 17.0 Å². The Morgan fingerprint density at radius 2 is 2.30 bits per heavy atom. The first kappa shape index (κ1) is 15.9. The van der Waals surface area contributed by atoms with Gasteiger partial charge in [-0.25, -0.2) is 4.98 Å². The normalized spacial score (nSPS) is 22.9. The second-order valence-electron chi connectivity index (χ2n) is 5.60. The minimum absolute atomic E-state index is 0. The summed E-state index contributed by atoms with van der Waals surface area (Å²) in [5.74, 6) is 0. The number of rotatable bonds is 4. The van der Waals surface area contributed by atoms with Crippen LogP contribution in [0.15, 0.2) is 22.9 Å². The Morgan fingerprint density at radius 1 is 1.45 bits per heavy atom. The molecule has 2 N–H and O–H groups in total. The molecule has 20 heavy (non-hydrogen) atoms. The summed E-state index contributed by atoms with van der Waals surface area (Å²) in [5, 5.41) is 5.43. The summed E-state index contributed by atoms with van der Waals surface area (Å²) in [6.07, 6.45) is 1.20. The first-order valence-electron chi connectivity index (χ1n) is 6.59. The summed E-state index contributed by atoms with van der Waals surface area (Å²) in [4.78, 5) is 8.49. The summed E-state index contributed by atoms with van der Waals surface area (Å²) in [6, 6.07) is 4.21. The third kappa shape index (κ3) is 3.40. The summed E-state index contributed by atoms with van der Waals surface area (Å²) in [5.41, 5.74) is 7.34. The van der Waals surface area contributed by atoms with Crippen molar-refractivity contribution in [2.24, 2.45) is 11.1 Å². The van der Waals surface area contributed by atoms with Crippen molar-refractivity contribution in [1.29, 1.82) is 0 Å². The van der Waals surface area contributed by atoms with Gasteiger partial charge in [-0.3, -0.25) is 4.90 Å². The molecule has 0 aromatic carbocycles. The van der Waals surface area contributed by atoms with Crippen molar-refractivity contribution in [1.82, 2.24) is 9.88 Å². The van der Waals surface area contributed by atoms with Crippen LogP contribution in [0.5, 0.6) is 0 Å². The largest absolute Gasteiger partial charge is 0.330 e. The number of thiazole rings is 1. The molecule has 0 saturated carbocycles. The lowest BCUT2D eigenvalue weighted by molar-refractivity contribution is 0.272. The van der Waals surface area contributed by atoms with Gasteiger partial charge in [-0.15, -0.1) is 35.1 Å². The lowest BCUT2D eigenvalue weighted by Crippen LogP contribution is -2.31. The van der Waals surface area contributed by atoms with Crippen molar-refractivity contribution in [2.45, 2.75) is 19.9 Å². The van der Waals surface area contributed by atoms with Crippen molar-refractivity contribution >= 4 is 35.1 Å². The predicted molar refractivity (Wildman–Crippen MR) is 89.7 cm³/mol. The summed E-state index contributed by atoms with van der Waals surface area (Å²) < 4.78 is 0. The number of nitrogens with two attached hydrogens (primary N) is 1. The molecule has 3 nitrogen and oxygen atoms in total. The van der Waals surface area contributed by atoms with Gasteiger partial charge in [0, 0.05) is 18.5 Å². The van der Waals surface area contributed by atoms with Gasteiger partial charge in [-0.2, -0.15) is 0 Å². The standard InChI is InChI=1S/C14H19N3S2.ClH/c1-14(9-15)4-5-17(10-14)7-11-8-19-13(16-11)12-3-2-6-18-12;/h2-3,6,8H,4-5,7,9-10,15H2,1H3;1H. The molecule has 3 heterocycles. The summed E-state index contributed by atoms with van der Waals surface area (Å²) in [6.45, 7) is 6.25. The van der Waals surface area contributed by atoms with Gasteiger partial charge in [0.25, 0.3) is 0 Å². The van der Waals surface area contributed by atoms with Gasteiger partial charge in [0.1, 0.15) is 5.01 Å². The van der Waals surface area contributed by atoms with Crippen molar-refractivity contribution in [3.63, 3.8) is 0 Å². The predicted octanol–water partition coefficient (Wildman–Crippen LogP) is 3.46. The minimum atomic E-state index is 0. The highest BCUT2D eigenvalue weighted by atomic mass is 35.5. The molecule has 6 heteroatoms. The first-order valence-corrected chi connectivity index (χ1v) is 8.35. The molecule has 0 spiro atoms. The summed E-state index contributed by atoms with van der Waals surface area (Å²) in [7, 11) is 0. The average molecular weight is 330 g/mol. The van der Waals surface area contributed by atoms with Gasteiger partial charge >= 0.3 is 0 Å². The van der Waals surface area contributed by atoms with E-state index in [0.717, 1.165) is 31.2 Å². The van der Waals surface area contributed by atoms with E-state index >= 15 is 0 Å². The highest BCUT2D eigenvalue weighted by Crippen LogP contribution is 2.31. The molecule has 1 fully saturated rings. The summed E-state index contributed by atoms with van der Waals surface area (Å²) >= 11 is 3.50. The van der Waals surface area contributed by atoms with Crippen LogP contribution in [0, 0.1) is 5.41 Å². The van der Waals surface area contributed by atoms with Crippen LogP contribution in [0.3, 0.4) is 0 Å². The molecule has 1 saturated heterocycles. The van der Waals surface area contributed by atoms with E-state index < -0.39 is 0 Å². The first-order chi connectivity index (χ1) is 9.18. The molecule has 2 aromatic heterocycles. The fraction of sp³-hybridized carbons (Fsp3) is 0.500. The van der Waals surface area contributed by atoms with Gasteiger partial charge in [0.15, 0.2) is 0 Å². The van der Waals surface area contributed by atoms with Crippen LogP contribution in [-0.4, -0.2) is 29.5 Å². The Balaban J connectivity index is 0.00000147. The smallest absolute Gasteiger partial charge is 0.133 e. The molecule has 1 unspecified atom stereocenters. The fourth-order valence-electron chi connectivity index (χ4n) is 2.55. The maximum Gasteiger partial charge on any atom is 0.133 e. The van der Waals surface area contributed by atoms with Crippen molar-refractivity contribution in [2.75, 3.05) is 19.6 Å². The van der Waals surface area contributed by atoms with Crippen LogP contribution in [0.2, 0.25) is 0 Å². The van der Waals surface area contributed by atoms with E-state index in [0.29, 0.717) is 5.41 Å². The second kappa shape index (κ2) is 6.54. The second-order valence-corrected chi connectivity index (χ2v) is 7.40. The van der Waals surface area contributed by atoms with E-state index in [-0.39, 0.29) is 12.4 Å². The number of halogens is 1. The minimum Gasteiger partial charge on any atom is -0.330 e. The fourth-order valence-corrected chi connectivity index (χ4v) is 4.17. The van der Waals surface area contributed by atoms with Crippen molar-refractivity contribution < 1.29 is 0 Å². The molecule has 3 rings (SSSR count). The van der Waals surface area contributed by atoms with E-state index in [1.807, 2.05) is 0 Å². The molecule has 0 bridgehead atoms. The molecule has 1 atom stereocenters. The van der Waals surface area contributed by atoms with Gasteiger partial charge in [0.2, 0.25) is 0 Å². The van der Waals surface area contributed by atoms with Gasteiger partial charge < -0.3 is 5.73 Å². The molecule has 1 aliphatic heterocycles. The molecule has 1 aliphatic rings. The Hall–Kier alpha value is -0.460. The van der Waals surface area contributed by atoms with E-state index in [1.54, 1.807) is 22.7 Å². The molecular formula is C14H20ClN3S2. The van der Waals surface area contributed by atoms with Gasteiger partial charge in [-0.1, -0.05) is 13.0 Å². The zero-order chi connectivity index (χ0) is 13.3. The number of likely N-dealkylation sites (tertiary alicyclic amines) is 1. The SMILES string of the molecule is CC1(CN)CCN(Cc2csc(-c3cccs3)n2)C1.Cl. The van der Waals surface area contributed by atoms with Gasteiger partial charge in [-0.05, 0) is 36.4 Å². The lowest BCUT2D eigenvalue weighted by atomic mass is 9.90. The van der Waals surface area contributed by atoms with Crippen LogP contribution in [-0.2, 0) is 6.54 Å². The monoisotopic (exact) mass is 329 g/mol. The Bertz CT molecular complexity index is 540. The molecule has 110 valence electrons. The van der Waals surface area contributed by atoms with Crippen LogP contribution in [0.4, 0.5) is 0 Å². The van der Waals surface area contributed by atoms with Crippen molar-refractivity contribution in [3.8, 4) is 9.88 Å². The molecular weight excluding hydrogens is 310 g/mol. The van der Waals surface area contributed by atoms with Gasteiger partial charge in [0.05, 0.1) is 10.6 Å². The van der Waals surface area contributed by atoms with Crippen LogP contribution >= 0.6 is 35.1 Å². The number of hydrogen-bond acceptors (Lipinski definition) is 5. The molecule has 2 aromatic rings. The molecule has 0 radical (unpaired) electrons. The highest BCUT2D eigenvalue weighted by Gasteiger charge is 2.32.